The molecule has 0 atom stereocenters. The average molecular weight is 355 g/mol. The first-order valence-corrected chi connectivity index (χ1v) is 8.77. The first-order valence-electron chi connectivity index (χ1n) is 8.77. The number of carbonyl (C=O) groups is 2. The van der Waals surface area contributed by atoms with Crippen LogP contribution in [0.15, 0.2) is 48.5 Å². The summed E-state index contributed by atoms with van der Waals surface area (Å²) in [6.07, 6.45) is 2.74. The van der Waals surface area contributed by atoms with Gasteiger partial charge in [-0.05, 0) is 48.6 Å². The molecule has 1 aliphatic heterocycles. The van der Waals surface area contributed by atoms with Crippen molar-refractivity contribution in [3.63, 3.8) is 0 Å². The highest BCUT2D eigenvalue weighted by Crippen LogP contribution is 2.26. The van der Waals surface area contributed by atoms with E-state index in [9.17, 15) is 14.0 Å². The van der Waals surface area contributed by atoms with Crippen LogP contribution in [0.25, 0.3) is 0 Å². The van der Waals surface area contributed by atoms with Gasteiger partial charge in [0.2, 0.25) is 5.91 Å². The average Bonchev–Trinajstić information content (AvgIpc) is 2.66. The van der Waals surface area contributed by atoms with Crippen molar-refractivity contribution in [2.24, 2.45) is 0 Å². The SMILES string of the molecule is O=C(CCc1ccc(F)cc1)NNC(=O)CN1CCCc2ccccc21. The lowest BCUT2D eigenvalue weighted by atomic mass is 10.0. The Balaban J connectivity index is 1.43. The fourth-order valence-electron chi connectivity index (χ4n) is 3.10. The van der Waals surface area contributed by atoms with Crippen LogP contribution >= 0.6 is 0 Å². The number of benzene rings is 2. The summed E-state index contributed by atoms with van der Waals surface area (Å²) in [6, 6.07) is 14.1. The molecule has 3 rings (SSSR count). The molecule has 0 fully saturated rings. The number of aryl methyl sites for hydroxylation is 2. The van der Waals surface area contributed by atoms with E-state index in [1.54, 1.807) is 12.1 Å². The summed E-state index contributed by atoms with van der Waals surface area (Å²) >= 11 is 0. The van der Waals surface area contributed by atoms with Crippen molar-refractivity contribution < 1.29 is 14.0 Å². The third-order valence-corrected chi connectivity index (χ3v) is 4.44. The zero-order valence-electron chi connectivity index (χ0n) is 14.5. The topological polar surface area (TPSA) is 61.4 Å². The van der Waals surface area contributed by atoms with E-state index >= 15 is 0 Å². The lowest BCUT2D eigenvalue weighted by Crippen LogP contribution is -2.47. The largest absolute Gasteiger partial charge is 0.362 e. The number of halogens is 1. The Bertz CT molecular complexity index is 777. The highest BCUT2D eigenvalue weighted by atomic mass is 19.1. The van der Waals surface area contributed by atoms with Crippen LogP contribution in [-0.4, -0.2) is 24.9 Å². The number of fused-ring (bicyclic) bond motifs is 1. The molecule has 1 aliphatic rings. The molecular formula is C20H22FN3O2. The molecule has 136 valence electrons. The second-order valence-corrected chi connectivity index (χ2v) is 6.38. The molecule has 0 spiro atoms. The number of carbonyl (C=O) groups excluding carboxylic acids is 2. The summed E-state index contributed by atoms with van der Waals surface area (Å²) in [6.45, 7) is 1.03. The standard InChI is InChI=1S/C20H22FN3O2/c21-17-10-7-15(8-11-17)9-12-19(25)22-23-20(26)14-24-13-3-5-16-4-1-2-6-18(16)24/h1-2,4,6-8,10-11H,3,5,9,12-14H2,(H,22,25)(H,23,26). The molecule has 0 saturated heterocycles. The second kappa shape index (κ2) is 8.47. The van der Waals surface area contributed by atoms with Gasteiger partial charge in [-0.3, -0.25) is 20.4 Å². The van der Waals surface area contributed by atoms with Gasteiger partial charge in [-0.25, -0.2) is 4.39 Å². The molecule has 0 radical (unpaired) electrons. The number of rotatable bonds is 5. The summed E-state index contributed by atoms with van der Waals surface area (Å²) in [4.78, 5) is 26.0. The maximum atomic E-state index is 12.8. The quantitative estimate of drug-likeness (QED) is 0.810. The molecule has 6 heteroatoms. The van der Waals surface area contributed by atoms with Crippen molar-refractivity contribution >= 4 is 17.5 Å². The lowest BCUT2D eigenvalue weighted by molar-refractivity contribution is -0.128. The predicted octanol–water partition coefficient (Wildman–Crippen LogP) is 2.36. The summed E-state index contributed by atoms with van der Waals surface area (Å²) in [5.74, 6) is -0.830. The van der Waals surface area contributed by atoms with Gasteiger partial charge in [0, 0.05) is 18.7 Å². The second-order valence-electron chi connectivity index (χ2n) is 6.38. The Labute approximate surface area is 152 Å². The zero-order chi connectivity index (χ0) is 18.4. The van der Waals surface area contributed by atoms with Crippen molar-refractivity contribution in [1.29, 1.82) is 0 Å². The highest BCUT2D eigenvalue weighted by molar-refractivity contribution is 5.85. The molecule has 0 saturated carbocycles. The normalized spacial score (nSPS) is 13.0. The van der Waals surface area contributed by atoms with E-state index in [0.29, 0.717) is 6.42 Å². The minimum atomic E-state index is -0.301. The van der Waals surface area contributed by atoms with Gasteiger partial charge in [0.25, 0.3) is 5.91 Å². The van der Waals surface area contributed by atoms with Crippen LogP contribution in [0.5, 0.6) is 0 Å². The fraction of sp³-hybridized carbons (Fsp3) is 0.300. The maximum absolute atomic E-state index is 12.8. The molecule has 0 aliphatic carbocycles. The summed E-state index contributed by atoms with van der Waals surface area (Å²) in [5, 5.41) is 0. The van der Waals surface area contributed by atoms with Crippen molar-refractivity contribution in [1.82, 2.24) is 10.9 Å². The van der Waals surface area contributed by atoms with E-state index in [4.69, 9.17) is 0 Å². The summed E-state index contributed by atoms with van der Waals surface area (Å²) < 4.78 is 12.8. The Morgan fingerprint density at radius 3 is 2.54 bits per heavy atom. The van der Waals surface area contributed by atoms with Crippen LogP contribution in [0.2, 0.25) is 0 Å². The van der Waals surface area contributed by atoms with Crippen molar-refractivity contribution in [2.75, 3.05) is 18.0 Å². The number of hydrogen-bond acceptors (Lipinski definition) is 3. The predicted molar refractivity (Wildman–Crippen MR) is 98.0 cm³/mol. The zero-order valence-corrected chi connectivity index (χ0v) is 14.5. The number of nitrogens with one attached hydrogen (secondary N) is 2. The van der Waals surface area contributed by atoms with Gasteiger partial charge < -0.3 is 4.90 Å². The Kier molecular flexibility index (Phi) is 5.84. The smallest absolute Gasteiger partial charge is 0.257 e. The van der Waals surface area contributed by atoms with Gasteiger partial charge in [-0.1, -0.05) is 30.3 Å². The molecule has 0 unspecified atom stereocenters. The molecule has 2 N–H and O–H groups in total. The van der Waals surface area contributed by atoms with E-state index in [0.717, 1.165) is 30.6 Å². The minimum absolute atomic E-state index is 0.204. The molecule has 26 heavy (non-hydrogen) atoms. The molecule has 2 amide bonds. The first-order chi connectivity index (χ1) is 12.6. The van der Waals surface area contributed by atoms with E-state index in [-0.39, 0.29) is 30.6 Å². The number of amides is 2. The van der Waals surface area contributed by atoms with E-state index < -0.39 is 0 Å². The molecule has 2 aromatic rings. The number of hydrazine groups is 1. The Hall–Kier alpha value is -2.89. The van der Waals surface area contributed by atoms with E-state index in [1.807, 2.05) is 23.1 Å². The molecule has 2 aromatic carbocycles. The number of hydrogen-bond donors (Lipinski definition) is 2. The molecule has 1 heterocycles. The summed E-state index contributed by atoms with van der Waals surface area (Å²) in [5.41, 5.74) is 8.10. The highest BCUT2D eigenvalue weighted by Gasteiger charge is 2.18. The van der Waals surface area contributed by atoms with Gasteiger partial charge in [0.05, 0.1) is 6.54 Å². The van der Waals surface area contributed by atoms with Gasteiger partial charge in [-0.15, -0.1) is 0 Å². The van der Waals surface area contributed by atoms with E-state index in [2.05, 4.69) is 16.9 Å². The van der Waals surface area contributed by atoms with Crippen molar-refractivity contribution in [3.05, 3.63) is 65.5 Å². The van der Waals surface area contributed by atoms with Crippen LogP contribution in [0, 0.1) is 5.82 Å². The maximum Gasteiger partial charge on any atom is 0.257 e. The van der Waals surface area contributed by atoms with Crippen molar-refractivity contribution in [3.8, 4) is 0 Å². The third-order valence-electron chi connectivity index (χ3n) is 4.44. The Morgan fingerprint density at radius 2 is 1.73 bits per heavy atom. The fourth-order valence-corrected chi connectivity index (χ4v) is 3.10. The summed E-state index contributed by atoms with van der Waals surface area (Å²) in [7, 11) is 0. The first kappa shape index (κ1) is 17.9. The molecule has 0 bridgehead atoms. The van der Waals surface area contributed by atoms with Crippen LogP contribution in [0.1, 0.15) is 24.0 Å². The molecule has 0 aromatic heterocycles. The number of nitrogens with zero attached hydrogens (tertiary/aromatic N) is 1. The van der Waals surface area contributed by atoms with Crippen LogP contribution in [-0.2, 0) is 22.4 Å². The Morgan fingerprint density at radius 1 is 1.00 bits per heavy atom. The molecular weight excluding hydrogens is 333 g/mol. The van der Waals surface area contributed by atoms with Crippen molar-refractivity contribution in [2.45, 2.75) is 25.7 Å². The van der Waals surface area contributed by atoms with Crippen LogP contribution in [0.4, 0.5) is 10.1 Å². The van der Waals surface area contributed by atoms with Crippen LogP contribution in [0.3, 0.4) is 0 Å². The number of anilines is 1. The van der Waals surface area contributed by atoms with Gasteiger partial charge in [0.1, 0.15) is 5.82 Å². The lowest BCUT2D eigenvalue weighted by Gasteiger charge is -2.30. The third kappa shape index (κ3) is 4.81. The van der Waals surface area contributed by atoms with Crippen LogP contribution < -0.4 is 15.8 Å². The van der Waals surface area contributed by atoms with Gasteiger partial charge >= 0.3 is 0 Å². The minimum Gasteiger partial charge on any atom is -0.362 e. The van der Waals surface area contributed by atoms with Gasteiger partial charge in [-0.2, -0.15) is 0 Å². The molecule has 5 nitrogen and oxygen atoms in total. The monoisotopic (exact) mass is 355 g/mol. The number of para-hydroxylation sites is 1. The van der Waals surface area contributed by atoms with Gasteiger partial charge in [0.15, 0.2) is 0 Å². The van der Waals surface area contributed by atoms with E-state index in [1.165, 1.54) is 17.7 Å².